The Morgan fingerprint density at radius 2 is 1.79 bits per heavy atom. The van der Waals surface area contributed by atoms with Crippen LogP contribution in [-0.4, -0.2) is 23.0 Å². The van der Waals surface area contributed by atoms with Crippen molar-refractivity contribution < 1.29 is 12.8 Å². The lowest BCUT2D eigenvalue weighted by molar-refractivity contribution is 0.589. The van der Waals surface area contributed by atoms with Crippen molar-refractivity contribution in [3.63, 3.8) is 0 Å². The maximum atomic E-state index is 13.6. The summed E-state index contributed by atoms with van der Waals surface area (Å²) < 4.78 is 43.5. The lowest BCUT2D eigenvalue weighted by Gasteiger charge is -2.24. The van der Waals surface area contributed by atoms with Crippen molar-refractivity contribution in [3.05, 3.63) is 90.1 Å². The molecule has 2 heterocycles. The summed E-state index contributed by atoms with van der Waals surface area (Å²) in [6.45, 7) is 1.75. The number of halogens is 1. The summed E-state index contributed by atoms with van der Waals surface area (Å²) in [5.41, 5.74) is 1.61. The number of aromatic nitrogens is 3. The minimum absolute atomic E-state index is 0.00328. The summed E-state index contributed by atoms with van der Waals surface area (Å²) in [5, 5.41) is 7.95. The van der Waals surface area contributed by atoms with E-state index in [1.165, 1.54) is 28.7 Å². The average molecular weight is 396 g/mol. The minimum Gasteiger partial charge on any atom is -0.285 e. The maximum Gasteiger partial charge on any atom is 0.266 e. The lowest BCUT2D eigenvalue weighted by Crippen LogP contribution is -2.30. The Bertz CT molecular complexity index is 1240. The average Bonchev–Trinajstić information content (AvgIpc) is 3.07. The van der Waals surface area contributed by atoms with Gasteiger partial charge in [0.1, 0.15) is 16.5 Å². The molecule has 0 unspecified atom stereocenters. The van der Waals surface area contributed by atoms with Gasteiger partial charge >= 0.3 is 0 Å². The molecule has 6 nitrogen and oxygen atoms in total. The molecule has 0 atom stereocenters. The van der Waals surface area contributed by atoms with E-state index in [1.807, 2.05) is 6.07 Å². The van der Waals surface area contributed by atoms with Gasteiger partial charge in [-0.1, -0.05) is 30.3 Å². The third-order valence-corrected chi connectivity index (χ3v) is 6.15. The number of pyridine rings is 1. The van der Waals surface area contributed by atoms with Gasteiger partial charge in [-0.15, -0.1) is 10.2 Å². The first-order valence-electron chi connectivity index (χ1n) is 8.59. The van der Waals surface area contributed by atoms with Crippen molar-refractivity contribution in [2.24, 2.45) is 0 Å². The molecule has 0 spiro atoms. The largest absolute Gasteiger partial charge is 0.285 e. The van der Waals surface area contributed by atoms with Crippen LogP contribution in [-0.2, 0) is 16.6 Å². The standard InChI is InChI=1S/C20H17FN4O2S/c1-15-22-23-20-11-10-19(14-24(15)20)28(26,27)25(18-8-3-2-4-9-18)13-16-6-5-7-17(21)12-16/h2-12,14H,13H2,1H3. The molecule has 142 valence electrons. The third-order valence-electron chi connectivity index (χ3n) is 4.39. The third kappa shape index (κ3) is 3.34. The van der Waals surface area contributed by atoms with Crippen LogP contribution in [0.4, 0.5) is 10.1 Å². The molecule has 4 rings (SSSR count). The molecule has 0 N–H and O–H groups in total. The first-order valence-corrected chi connectivity index (χ1v) is 10.0. The quantitative estimate of drug-likeness (QED) is 0.517. The highest BCUT2D eigenvalue weighted by Gasteiger charge is 2.26. The van der Waals surface area contributed by atoms with E-state index >= 15 is 0 Å². The van der Waals surface area contributed by atoms with Gasteiger partial charge in [0, 0.05) is 6.20 Å². The number of rotatable bonds is 5. The van der Waals surface area contributed by atoms with Gasteiger partial charge < -0.3 is 0 Å². The second-order valence-corrected chi connectivity index (χ2v) is 8.18. The van der Waals surface area contributed by atoms with E-state index in [0.717, 1.165) is 0 Å². The van der Waals surface area contributed by atoms with Gasteiger partial charge in [-0.3, -0.25) is 8.71 Å². The molecule has 0 saturated carbocycles. The highest BCUT2D eigenvalue weighted by atomic mass is 32.2. The summed E-state index contributed by atoms with van der Waals surface area (Å²) in [7, 11) is -3.92. The Hall–Kier alpha value is -3.26. The molecule has 8 heteroatoms. The fourth-order valence-electron chi connectivity index (χ4n) is 2.98. The van der Waals surface area contributed by atoms with Crippen LogP contribution < -0.4 is 4.31 Å². The number of para-hydroxylation sites is 1. The van der Waals surface area contributed by atoms with Crippen LogP contribution in [0.15, 0.2) is 77.8 Å². The van der Waals surface area contributed by atoms with Gasteiger partial charge in [0.2, 0.25) is 0 Å². The van der Waals surface area contributed by atoms with Gasteiger partial charge in [0.25, 0.3) is 10.0 Å². The lowest BCUT2D eigenvalue weighted by atomic mass is 10.2. The predicted octanol–water partition coefficient (Wildman–Crippen LogP) is 3.57. The Kier molecular flexibility index (Phi) is 4.56. The molecule has 0 aliphatic carbocycles. The first kappa shape index (κ1) is 18.1. The van der Waals surface area contributed by atoms with E-state index in [4.69, 9.17) is 0 Å². The second kappa shape index (κ2) is 7.05. The molecule has 0 fully saturated rings. The van der Waals surface area contributed by atoms with Crippen molar-refractivity contribution in [1.82, 2.24) is 14.6 Å². The van der Waals surface area contributed by atoms with Gasteiger partial charge in [-0.2, -0.15) is 0 Å². The Balaban J connectivity index is 1.82. The van der Waals surface area contributed by atoms with Crippen molar-refractivity contribution >= 4 is 21.4 Å². The molecule has 2 aromatic carbocycles. The summed E-state index contributed by atoms with van der Waals surface area (Å²) in [5.74, 6) is 0.174. The van der Waals surface area contributed by atoms with E-state index in [9.17, 15) is 12.8 Å². The van der Waals surface area contributed by atoms with Crippen LogP contribution in [0, 0.1) is 12.7 Å². The van der Waals surface area contributed by atoms with E-state index in [0.29, 0.717) is 22.7 Å². The maximum absolute atomic E-state index is 13.6. The second-order valence-electron chi connectivity index (χ2n) is 6.32. The molecule has 28 heavy (non-hydrogen) atoms. The molecular weight excluding hydrogens is 379 g/mol. The van der Waals surface area contributed by atoms with Crippen LogP contribution in [0.3, 0.4) is 0 Å². The number of nitrogens with zero attached hydrogens (tertiary/aromatic N) is 4. The van der Waals surface area contributed by atoms with Crippen LogP contribution in [0.25, 0.3) is 5.65 Å². The summed E-state index contributed by atoms with van der Waals surface area (Å²) >= 11 is 0. The van der Waals surface area contributed by atoms with E-state index in [-0.39, 0.29) is 11.4 Å². The highest BCUT2D eigenvalue weighted by molar-refractivity contribution is 7.92. The zero-order valence-electron chi connectivity index (χ0n) is 15.0. The summed E-state index contributed by atoms with van der Waals surface area (Å²) in [4.78, 5) is 0.100. The van der Waals surface area contributed by atoms with Crippen LogP contribution in [0.5, 0.6) is 0 Å². The monoisotopic (exact) mass is 396 g/mol. The number of fused-ring (bicyclic) bond motifs is 1. The first-order chi connectivity index (χ1) is 13.4. The van der Waals surface area contributed by atoms with Crippen LogP contribution in [0.2, 0.25) is 0 Å². The predicted molar refractivity (Wildman–Crippen MR) is 104 cm³/mol. The van der Waals surface area contributed by atoms with Gasteiger partial charge in [-0.25, -0.2) is 12.8 Å². The minimum atomic E-state index is -3.92. The normalized spacial score (nSPS) is 11.6. The Morgan fingerprint density at radius 3 is 2.54 bits per heavy atom. The smallest absolute Gasteiger partial charge is 0.266 e. The number of sulfonamides is 1. The number of hydrogen-bond acceptors (Lipinski definition) is 4. The summed E-state index contributed by atoms with van der Waals surface area (Å²) in [6.07, 6.45) is 1.50. The number of benzene rings is 2. The van der Waals surface area contributed by atoms with Gasteiger partial charge in [0.15, 0.2) is 5.65 Å². The van der Waals surface area contributed by atoms with Crippen LogP contribution in [0.1, 0.15) is 11.4 Å². The molecule has 0 radical (unpaired) electrons. The van der Waals surface area contributed by atoms with E-state index < -0.39 is 15.8 Å². The zero-order chi connectivity index (χ0) is 19.7. The van der Waals surface area contributed by atoms with E-state index in [1.54, 1.807) is 53.8 Å². The molecule has 2 aromatic heterocycles. The molecule has 0 bridgehead atoms. The van der Waals surface area contributed by atoms with Gasteiger partial charge in [-0.05, 0) is 48.9 Å². The van der Waals surface area contributed by atoms with Crippen molar-refractivity contribution in [2.45, 2.75) is 18.4 Å². The number of hydrogen-bond donors (Lipinski definition) is 0. The molecule has 4 aromatic rings. The summed E-state index contributed by atoms with van der Waals surface area (Å²) in [6, 6.07) is 17.8. The Labute approximate surface area is 161 Å². The zero-order valence-corrected chi connectivity index (χ0v) is 15.8. The van der Waals surface area contributed by atoms with Crippen molar-refractivity contribution in [2.75, 3.05) is 4.31 Å². The van der Waals surface area contributed by atoms with E-state index in [2.05, 4.69) is 10.2 Å². The topological polar surface area (TPSA) is 67.6 Å². The molecule has 0 saturated heterocycles. The number of anilines is 1. The molecular formula is C20H17FN4O2S. The van der Waals surface area contributed by atoms with Gasteiger partial charge in [0.05, 0.1) is 12.2 Å². The fraction of sp³-hybridized carbons (Fsp3) is 0.100. The fourth-order valence-corrected chi connectivity index (χ4v) is 4.43. The van der Waals surface area contributed by atoms with Crippen molar-refractivity contribution in [3.8, 4) is 0 Å². The SMILES string of the molecule is Cc1nnc2ccc(S(=O)(=O)N(Cc3cccc(F)c3)c3ccccc3)cn12. The molecule has 0 amide bonds. The highest BCUT2D eigenvalue weighted by Crippen LogP contribution is 2.26. The van der Waals surface area contributed by atoms with Crippen LogP contribution >= 0.6 is 0 Å². The Morgan fingerprint density at radius 1 is 1.00 bits per heavy atom. The molecule has 0 aliphatic rings. The molecule has 0 aliphatic heterocycles. The number of aryl methyl sites for hydroxylation is 1. The van der Waals surface area contributed by atoms with Crippen molar-refractivity contribution in [1.29, 1.82) is 0 Å².